The number of hydrogen-bond donors (Lipinski definition) is 3. The summed E-state index contributed by atoms with van der Waals surface area (Å²) in [5.74, 6) is -1.73. The van der Waals surface area contributed by atoms with Crippen LogP contribution in [0, 0.1) is 11.3 Å². The minimum Gasteiger partial charge on any atom is -0.487 e. The van der Waals surface area contributed by atoms with Crippen molar-refractivity contribution in [2.24, 2.45) is 0 Å². The molecule has 0 aliphatic carbocycles. The van der Waals surface area contributed by atoms with Gasteiger partial charge in [0, 0.05) is 19.2 Å². The number of rotatable bonds is 11. The number of amides is 1. The molecule has 0 unspecified atom stereocenters. The Hall–Kier alpha value is -4.56. The molecule has 4 rings (SSSR count). The van der Waals surface area contributed by atoms with Crippen molar-refractivity contribution in [2.45, 2.75) is 31.8 Å². The molecule has 0 saturated carbocycles. The zero-order valence-corrected chi connectivity index (χ0v) is 20.6. The second-order valence-electron chi connectivity index (χ2n) is 8.68. The first kappa shape index (κ1) is 26.5. The minimum atomic E-state index is -0.945. The fraction of sp³-hybridized carbons (Fsp3) is 0.333. The summed E-state index contributed by atoms with van der Waals surface area (Å²) >= 11 is 0. The van der Waals surface area contributed by atoms with E-state index >= 15 is 0 Å². The molecule has 1 aliphatic heterocycles. The lowest BCUT2D eigenvalue weighted by Crippen LogP contribution is -2.37. The van der Waals surface area contributed by atoms with E-state index < -0.39 is 23.7 Å². The van der Waals surface area contributed by atoms with Gasteiger partial charge in [-0.25, -0.2) is 4.79 Å². The molecule has 0 bridgehead atoms. The summed E-state index contributed by atoms with van der Waals surface area (Å²) in [6.07, 6.45) is 2.53. The summed E-state index contributed by atoms with van der Waals surface area (Å²) in [5, 5.41) is 23.9. The lowest BCUT2D eigenvalue weighted by atomic mass is 10.0. The van der Waals surface area contributed by atoms with E-state index in [1.165, 1.54) is 10.8 Å². The number of hydrogen-bond acceptors (Lipinski definition) is 8. The molecule has 2 aromatic carbocycles. The lowest BCUT2D eigenvalue weighted by molar-refractivity contribution is -0.138. The molecule has 11 heteroatoms. The number of nitriles is 1. The fourth-order valence-corrected chi connectivity index (χ4v) is 3.99. The maximum absolute atomic E-state index is 12.5. The van der Waals surface area contributed by atoms with Crippen molar-refractivity contribution in [3.05, 3.63) is 70.5 Å². The molecular formula is C27H28N4O7. The number of ether oxygens (including phenoxy) is 2. The third kappa shape index (κ3) is 6.80. The van der Waals surface area contributed by atoms with Crippen LogP contribution in [0.5, 0.6) is 0 Å². The number of carboxylic acid groups (broad SMARTS) is 1. The van der Waals surface area contributed by atoms with Gasteiger partial charge in [0.1, 0.15) is 6.04 Å². The van der Waals surface area contributed by atoms with Gasteiger partial charge in [-0.15, -0.1) is 0 Å². The van der Waals surface area contributed by atoms with Crippen LogP contribution in [0.25, 0.3) is 22.2 Å². The van der Waals surface area contributed by atoms with Crippen molar-refractivity contribution in [2.75, 3.05) is 26.4 Å². The molecule has 11 nitrogen and oxygen atoms in total. The number of nitrogens with zero attached hydrogens (tertiary/aromatic N) is 2. The van der Waals surface area contributed by atoms with E-state index in [1.54, 1.807) is 6.07 Å². The van der Waals surface area contributed by atoms with Crippen LogP contribution in [-0.4, -0.2) is 54.0 Å². The number of fused-ring (bicyclic) bond motifs is 1. The summed E-state index contributed by atoms with van der Waals surface area (Å²) in [7, 11) is 0. The summed E-state index contributed by atoms with van der Waals surface area (Å²) in [6.45, 7) is 1.63. The first-order chi connectivity index (χ1) is 18.4. The predicted octanol–water partition coefficient (Wildman–Crippen LogP) is 2.15. The van der Waals surface area contributed by atoms with Crippen LogP contribution in [0.2, 0.25) is 0 Å². The van der Waals surface area contributed by atoms with Gasteiger partial charge >= 0.3 is 11.7 Å². The second kappa shape index (κ2) is 12.6. The van der Waals surface area contributed by atoms with E-state index in [2.05, 4.69) is 16.7 Å². The zero-order valence-electron chi connectivity index (χ0n) is 20.6. The molecule has 1 amide bonds. The maximum atomic E-state index is 12.5. The molecular weight excluding hydrogens is 492 g/mol. The van der Waals surface area contributed by atoms with Crippen molar-refractivity contribution < 1.29 is 28.6 Å². The largest absolute Gasteiger partial charge is 0.487 e. The van der Waals surface area contributed by atoms with Crippen molar-refractivity contribution in [1.82, 2.24) is 15.2 Å². The Morgan fingerprint density at radius 2 is 1.97 bits per heavy atom. The van der Waals surface area contributed by atoms with Gasteiger partial charge in [0.25, 0.3) is 5.91 Å². The zero-order chi connectivity index (χ0) is 26.9. The number of oxazole rings is 1. The van der Waals surface area contributed by atoms with Crippen LogP contribution in [0.4, 0.5) is 0 Å². The molecule has 2 heterocycles. The highest BCUT2D eigenvalue weighted by Crippen LogP contribution is 2.25. The monoisotopic (exact) mass is 520 g/mol. The fourth-order valence-electron chi connectivity index (χ4n) is 3.99. The van der Waals surface area contributed by atoms with Crippen molar-refractivity contribution in [3.63, 3.8) is 0 Å². The molecule has 0 saturated heterocycles. The number of carboxylic acids is 1. The third-order valence-corrected chi connectivity index (χ3v) is 5.96. The van der Waals surface area contributed by atoms with Crippen LogP contribution < -0.4 is 16.4 Å². The average Bonchev–Trinajstić information content (AvgIpc) is 3.06. The summed E-state index contributed by atoms with van der Waals surface area (Å²) in [5.41, 5.74) is 3.68. The quantitative estimate of drug-likeness (QED) is 0.322. The molecule has 38 heavy (non-hydrogen) atoms. The molecule has 0 fully saturated rings. The normalized spacial score (nSPS) is 13.9. The highest BCUT2D eigenvalue weighted by Gasteiger charge is 2.18. The molecule has 1 aliphatic rings. The van der Waals surface area contributed by atoms with Crippen LogP contribution in [0.1, 0.15) is 18.4 Å². The molecule has 0 spiro atoms. The number of aromatic nitrogens is 1. The Morgan fingerprint density at radius 3 is 2.74 bits per heavy atom. The summed E-state index contributed by atoms with van der Waals surface area (Å²) in [4.78, 5) is 35.4. The smallest absolute Gasteiger partial charge is 0.420 e. The molecule has 3 aromatic rings. The van der Waals surface area contributed by atoms with Crippen molar-refractivity contribution >= 4 is 23.0 Å². The lowest BCUT2D eigenvalue weighted by Gasteiger charge is -2.14. The topological polar surface area (TPSA) is 156 Å². The minimum absolute atomic E-state index is 0.0661. The Labute approximate surface area is 218 Å². The highest BCUT2D eigenvalue weighted by molar-refractivity contribution is 5.91. The van der Waals surface area contributed by atoms with E-state index in [0.717, 1.165) is 29.7 Å². The number of aliphatic carboxylic acids is 1. The Balaban J connectivity index is 1.41. The van der Waals surface area contributed by atoms with Crippen molar-refractivity contribution in [3.8, 4) is 17.2 Å². The Kier molecular flexibility index (Phi) is 8.79. The first-order valence-corrected chi connectivity index (χ1v) is 12.2. The SMILES string of the molecule is N#C[C@H](Cc1ccc(-c2ccc3oc(=O)n(CCOCCC(=O)O)c3c2)cc1)NC(=O)C1=CNCCCO1. The van der Waals surface area contributed by atoms with Crippen LogP contribution in [0.3, 0.4) is 0 Å². The van der Waals surface area contributed by atoms with E-state index in [-0.39, 0.29) is 31.9 Å². The highest BCUT2D eigenvalue weighted by atomic mass is 16.5. The molecule has 0 radical (unpaired) electrons. The van der Waals surface area contributed by atoms with Crippen LogP contribution in [-0.2, 0) is 32.0 Å². The van der Waals surface area contributed by atoms with Crippen LogP contribution >= 0.6 is 0 Å². The molecule has 1 aromatic heterocycles. The maximum Gasteiger partial charge on any atom is 0.420 e. The third-order valence-electron chi connectivity index (χ3n) is 5.96. The number of carbonyl (C=O) groups excluding carboxylic acids is 1. The second-order valence-corrected chi connectivity index (χ2v) is 8.68. The van der Waals surface area contributed by atoms with Gasteiger partial charge in [-0.05, 0) is 35.2 Å². The van der Waals surface area contributed by atoms with Gasteiger partial charge in [-0.3, -0.25) is 14.2 Å². The molecule has 198 valence electrons. The van der Waals surface area contributed by atoms with Gasteiger partial charge < -0.3 is 29.6 Å². The van der Waals surface area contributed by atoms with Gasteiger partial charge in [-0.1, -0.05) is 30.3 Å². The van der Waals surface area contributed by atoms with Crippen molar-refractivity contribution in [1.29, 1.82) is 5.26 Å². The van der Waals surface area contributed by atoms with Gasteiger partial charge in [0.15, 0.2) is 11.3 Å². The molecule has 1 atom stereocenters. The van der Waals surface area contributed by atoms with Gasteiger partial charge in [0.05, 0.1) is 44.4 Å². The first-order valence-electron chi connectivity index (χ1n) is 12.2. The van der Waals surface area contributed by atoms with Crippen LogP contribution in [0.15, 0.2) is 63.6 Å². The van der Waals surface area contributed by atoms with E-state index in [0.29, 0.717) is 24.1 Å². The standard InChI is InChI=1S/C27H28N4O7/c28-16-21(30-26(34)24-17-29-9-1-11-37-24)14-18-2-4-19(5-3-18)20-6-7-23-22(15-20)31(27(35)38-23)10-13-36-12-8-25(32)33/h2-7,15,17,21,29H,1,8-14H2,(H,30,34)(H,32,33)/t21-/m0/s1. The Bertz CT molecular complexity index is 1420. The van der Waals surface area contributed by atoms with Gasteiger partial charge in [-0.2, -0.15) is 5.26 Å². The van der Waals surface area contributed by atoms with E-state index in [1.807, 2.05) is 36.4 Å². The number of benzene rings is 2. The van der Waals surface area contributed by atoms with E-state index in [9.17, 15) is 19.6 Å². The summed E-state index contributed by atoms with van der Waals surface area (Å²) in [6, 6.07) is 14.4. The predicted molar refractivity (Wildman–Crippen MR) is 137 cm³/mol. The van der Waals surface area contributed by atoms with Gasteiger partial charge in [0.2, 0.25) is 0 Å². The summed E-state index contributed by atoms with van der Waals surface area (Å²) < 4.78 is 17.5. The number of carbonyl (C=O) groups is 2. The average molecular weight is 521 g/mol. The van der Waals surface area contributed by atoms with E-state index in [4.69, 9.17) is 19.0 Å². The Morgan fingerprint density at radius 1 is 1.18 bits per heavy atom. The number of nitrogens with one attached hydrogen (secondary N) is 2. The molecule has 3 N–H and O–H groups in total.